The van der Waals surface area contributed by atoms with Crippen LogP contribution in [-0.4, -0.2) is 30.8 Å². The van der Waals surface area contributed by atoms with Crippen LogP contribution in [0.3, 0.4) is 0 Å². The average molecular weight is 387 g/mol. The molecular formula is C18H27OTe+. The predicted molar refractivity (Wildman–Crippen MR) is 86.1 cm³/mol. The molecule has 3 rings (SSSR count). The molecule has 2 aliphatic carbocycles. The van der Waals surface area contributed by atoms with Crippen molar-refractivity contribution in [2.24, 2.45) is 16.7 Å². The van der Waals surface area contributed by atoms with Crippen LogP contribution in [0.25, 0.3) is 0 Å². The molecule has 110 valence electrons. The van der Waals surface area contributed by atoms with E-state index < -0.39 is 19.6 Å². The van der Waals surface area contributed by atoms with Crippen molar-refractivity contribution in [2.75, 3.05) is 0 Å². The Labute approximate surface area is 130 Å². The van der Waals surface area contributed by atoms with Gasteiger partial charge in [0, 0.05) is 0 Å². The maximum atomic E-state index is 10.6. The Kier molecular flexibility index (Phi) is 3.95. The predicted octanol–water partition coefficient (Wildman–Crippen LogP) is 4.08. The number of aliphatic hydroxyl groups excluding tert-OH is 1. The topological polar surface area (TPSA) is 20.2 Å². The van der Waals surface area contributed by atoms with Crippen molar-refractivity contribution in [2.45, 2.75) is 53.1 Å². The van der Waals surface area contributed by atoms with Crippen LogP contribution >= 0.6 is 0 Å². The summed E-state index contributed by atoms with van der Waals surface area (Å²) in [5.41, 5.74) is 2.11. The summed E-state index contributed by atoms with van der Waals surface area (Å²) in [4.78, 5) is 2.53. The standard InChI is InChI=1S/C18H27OTe/c1-17(2)15-9-10-18(17,16(19)11-15)13-20(3)12-14-7-5-4-6-8-14/h4-8,15-16,19H,9-13H2,1-3H3/q+1/t15-,16-,18-/m1/s1. The molecule has 0 unspecified atom stereocenters. The van der Waals surface area contributed by atoms with Gasteiger partial charge >= 0.3 is 130 Å². The SMILES string of the molecule is C[Te+](Cc1ccccc1)C[C@]12CC[C@H](C[C@H]1O)C2(C)C. The van der Waals surface area contributed by atoms with Gasteiger partial charge in [-0.05, 0) is 0 Å². The molecule has 3 atom stereocenters. The van der Waals surface area contributed by atoms with E-state index in [1.165, 1.54) is 27.3 Å². The molecule has 0 radical (unpaired) electrons. The van der Waals surface area contributed by atoms with Gasteiger partial charge in [-0.3, -0.25) is 0 Å². The Balaban J connectivity index is 1.73. The fourth-order valence-electron chi connectivity index (χ4n) is 4.73. The molecule has 0 aliphatic heterocycles. The van der Waals surface area contributed by atoms with E-state index in [0.717, 1.165) is 12.3 Å². The van der Waals surface area contributed by atoms with Gasteiger partial charge in [0.2, 0.25) is 0 Å². The van der Waals surface area contributed by atoms with Crippen molar-refractivity contribution >= 4 is 19.6 Å². The summed E-state index contributed by atoms with van der Waals surface area (Å²) in [7, 11) is 0. The molecule has 0 heterocycles. The van der Waals surface area contributed by atoms with Gasteiger partial charge in [0.25, 0.3) is 0 Å². The molecule has 20 heavy (non-hydrogen) atoms. The van der Waals surface area contributed by atoms with Crippen LogP contribution in [0, 0.1) is 16.7 Å². The molecule has 2 aliphatic rings. The van der Waals surface area contributed by atoms with Crippen LogP contribution in [0.2, 0.25) is 9.44 Å². The first-order chi connectivity index (χ1) is 9.46. The van der Waals surface area contributed by atoms with Crippen molar-refractivity contribution in [3.05, 3.63) is 35.9 Å². The van der Waals surface area contributed by atoms with E-state index in [1.807, 2.05) is 0 Å². The third-order valence-corrected chi connectivity index (χ3v) is 11.4. The third-order valence-electron chi connectivity index (χ3n) is 6.15. The molecular weight excluding hydrogens is 360 g/mol. The second kappa shape index (κ2) is 5.31. The second-order valence-electron chi connectivity index (χ2n) is 7.42. The van der Waals surface area contributed by atoms with Crippen LogP contribution in [0.1, 0.15) is 38.7 Å². The minimum atomic E-state index is -1.15. The third kappa shape index (κ3) is 2.25. The molecule has 2 heteroatoms. The first-order valence-electron chi connectivity index (χ1n) is 7.77. The Morgan fingerprint density at radius 3 is 2.50 bits per heavy atom. The Bertz CT molecular complexity index is 470. The molecule has 0 saturated heterocycles. The van der Waals surface area contributed by atoms with Gasteiger partial charge in [0.1, 0.15) is 0 Å². The van der Waals surface area contributed by atoms with Crippen LogP contribution in [-0.2, 0) is 4.47 Å². The number of rotatable bonds is 4. The summed E-state index contributed by atoms with van der Waals surface area (Å²) in [5.74, 6) is 0.765. The molecule has 2 fully saturated rings. The molecule has 1 N–H and O–H groups in total. The van der Waals surface area contributed by atoms with Gasteiger partial charge in [-0.1, -0.05) is 0 Å². The van der Waals surface area contributed by atoms with E-state index in [4.69, 9.17) is 0 Å². The van der Waals surface area contributed by atoms with E-state index in [9.17, 15) is 5.11 Å². The van der Waals surface area contributed by atoms with Crippen LogP contribution < -0.4 is 0 Å². The minimum absolute atomic E-state index is 0.0321. The summed E-state index contributed by atoms with van der Waals surface area (Å²) in [5, 5.41) is 10.6. The van der Waals surface area contributed by atoms with Gasteiger partial charge < -0.3 is 0 Å². The summed E-state index contributed by atoms with van der Waals surface area (Å²) in [6.45, 7) is 4.85. The zero-order chi connectivity index (χ0) is 14.4. The molecule has 2 bridgehead atoms. The van der Waals surface area contributed by atoms with E-state index in [2.05, 4.69) is 49.2 Å². The fraction of sp³-hybridized carbons (Fsp3) is 0.667. The molecule has 0 amide bonds. The van der Waals surface area contributed by atoms with Crippen molar-refractivity contribution in [3.63, 3.8) is 0 Å². The van der Waals surface area contributed by atoms with E-state index in [0.29, 0.717) is 5.41 Å². The van der Waals surface area contributed by atoms with Crippen molar-refractivity contribution in [3.8, 4) is 0 Å². The van der Waals surface area contributed by atoms with Gasteiger partial charge in [0.05, 0.1) is 0 Å². The first-order valence-corrected chi connectivity index (χ1v) is 13.4. The van der Waals surface area contributed by atoms with Crippen molar-refractivity contribution in [1.29, 1.82) is 0 Å². The van der Waals surface area contributed by atoms with E-state index in [1.54, 1.807) is 0 Å². The number of hydrogen-bond acceptors (Lipinski definition) is 1. The molecule has 2 saturated carbocycles. The zero-order valence-electron chi connectivity index (χ0n) is 12.9. The molecule has 1 aromatic rings. The quantitative estimate of drug-likeness (QED) is 0.773. The Morgan fingerprint density at radius 1 is 1.25 bits per heavy atom. The molecule has 1 nitrogen and oxygen atoms in total. The molecule has 0 spiro atoms. The summed E-state index contributed by atoms with van der Waals surface area (Å²) in [6, 6.07) is 10.9. The van der Waals surface area contributed by atoms with Gasteiger partial charge in [-0.2, -0.15) is 0 Å². The van der Waals surface area contributed by atoms with Crippen molar-refractivity contribution < 1.29 is 5.11 Å². The summed E-state index contributed by atoms with van der Waals surface area (Å²) < 4.78 is 2.65. The number of benzene rings is 1. The zero-order valence-corrected chi connectivity index (χ0v) is 15.3. The van der Waals surface area contributed by atoms with Gasteiger partial charge in [0.15, 0.2) is 0 Å². The van der Waals surface area contributed by atoms with Crippen LogP contribution in [0.15, 0.2) is 30.3 Å². The van der Waals surface area contributed by atoms with E-state index in [-0.39, 0.29) is 11.5 Å². The Morgan fingerprint density at radius 2 is 1.95 bits per heavy atom. The molecule has 1 aromatic carbocycles. The Hall–Kier alpha value is -0.0304. The number of hydrogen-bond donors (Lipinski definition) is 1. The average Bonchev–Trinajstić information content (AvgIpc) is 2.74. The number of fused-ring (bicyclic) bond motifs is 2. The van der Waals surface area contributed by atoms with Gasteiger partial charge in [-0.15, -0.1) is 0 Å². The maximum absolute atomic E-state index is 10.6. The normalized spacial score (nSPS) is 34.9. The summed E-state index contributed by atoms with van der Waals surface area (Å²) in [6.07, 6.45) is 3.65. The first kappa shape index (κ1) is 14.9. The monoisotopic (exact) mass is 389 g/mol. The summed E-state index contributed by atoms with van der Waals surface area (Å²) >= 11 is -1.15. The van der Waals surface area contributed by atoms with E-state index >= 15 is 0 Å². The van der Waals surface area contributed by atoms with Crippen LogP contribution in [0.5, 0.6) is 0 Å². The fourth-order valence-corrected chi connectivity index (χ4v) is 11.7. The second-order valence-corrected chi connectivity index (χ2v) is 13.5. The van der Waals surface area contributed by atoms with Crippen molar-refractivity contribution in [1.82, 2.24) is 0 Å². The number of aliphatic hydroxyl groups is 1. The molecule has 0 aromatic heterocycles. The van der Waals surface area contributed by atoms with Crippen LogP contribution in [0.4, 0.5) is 0 Å². The van der Waals surface area contributed by atoms with Gasteiger partial charge in [-0.25, -0.2) is 0 Å².